The fourth-order valence-corrected chi connectivity index (χ4v) is 1.85. The van der Waals surface area contributed by atoms with E-state index in [1.165, 1.54) is 12.1 Å². The van der Waals surface area contributed by atoms with Gasteiger partial charge in [0, 0.05) is 12.2 Å². The van der Waals surface area contributed by atoms with Gasteiger partial charge in [-0.05, 0) is 43.0 Å². The van der Waals surface area contributed by atoms with E-state index in [-0.39, 0.29) is 5.82 Å². The van der Waals surface area contributed by atoms with Crippen LogP contribution in [-0.2, 0) is 0 Å². The van der Waals surface area contributed by atoms with E-state index in [1.807, 2.05) is 17.8 Å². The highest BCUT2D eigenvalue weighted by atomic mass is 32.2. The third-order valence-corrected chi connectivity index (χ3v) is 2.83. The number of anilines is 1. The number of halogens is 1. The highest BCUT2D eigenvalue weighted by molar-refractivity contribution is 7.98. The Kier molecular flexibility index (Phi) is 5.73. The van der Waals surface area contributed by atoms with Crippen molar-refractivity contribution in [2.45, 2.75) is 12.8 Å². The van der Waals surface area contributed by atoms with Crippen LogP contribution in [0.3, 0.4) is 0 Å². The molecule has 0 unspecified atom stereocenters. The molecule has 86 valence electrons. The van der Waals surface area contributed by atoms with E-state index < -0.39 is 0 Å². The monoisotopic (exact) mass is 238 g/mol. The van der Waals surface area contributed by atoms with Crippen LogP contribution in [-0.4, -0.2) is 18.6 Å². The van der Waals surface area contributed by atoms with Crippen molar-refractivity contribution in [2.24, 2.45) is 0 Å². The zero-order chi connectivity index (χ0) is 11.8. The van der Waals surface area contributed by atoms with Crippen LogP contribution in [0.5, 0.6) is 0 Å². The molecule has 1 N–H and O–H groups in total. The molecule has 16 heavy (non-hydrogen) atoms. The quantitative estimate of drug-likeness (QED) is 0.773. The minimum Gasteiger partial charge on any atom is -0.385 e. The lowest BCUT2D eigenvalue weighted by Crippen LogP contribution is -2.02. The first-order valence-corrected chi connectivity index (χ1v) is 6.59. The van der Waals surface area contributed by atoms with Crippen molar-refractivity contribution in [3.63, 3.8) is 0 Å². The van der Waals surface area contributed by atoms with E-state index in [0.717, 1.165) is 25.1 Å². The molecular formula is C12H15FN2S. The number of hydrogen-bond acceptors (Lipinski definition) is 3. The van der Waals surface area contributed by atoms with Gasteiger partial charge in [0.05, 0.1) is 11.6 Å². The van der Waals surface area contributed by atoms with Gasteiger partial charge in [-0.15, -0.1) is 0 Å². The summed E-state index contributed by atoms with van der Waals surface area (Å²) >= 11 is 1.83. The van der Waals surface area contributed by atoms with Crippen molar-refractivity contribution in [3.05, 3.63) is 29.6 Å². The molecule has 0 spiro atoms. The lowest BCUT2D eigenvalue weighted by atomic mass is 10.2. The van der Waals surface area contributed by atoms with Gasteiger partial charge >= 0.3 is 0 Å². The number of benzene rings is 1. The van der Waals surface area contributed by atoms with Gasteiger partial charge < -0.3 is 5.32 Å². The number of nitriles is 1. The second-order valence-corrected chi connectivity index (χ2v) is 4.45. The van der Waals surface area contributed by atoms with Gasteiger partial charge in [-0.25, -0.2) is 4.39 Å². The molecule has 0 aliphatic heterocycles. The standard InChI is InChI=1S/C12H15FN2S/c1-16-5-3-2-4-15-12-7-10(9-14)6-11(13)8-12/h6-8,15H,2-5H2,1H3. The van der Waals surface area contributed by atoms with E-state index >= 15 is 0 Å². The Bertz CT molecular complexity index is 374. The molecular weight excluding hydrogens is 223 g/mol. The summed E-state index contributed by atoms with van der Waals surface area (Å²) in [5, 5.41) is 11.8. The van der Waals surface area contributed by atoms with Gasteiger partial charge in [0.2, 0.25) is 0 Å². The van der Waals surface area contributed by atoms with Crippen LogP contribution in [0, 0.1) is 17.1 Å². The second kappa shape index (κ2) is 7.13. The molecule has 0 saturated heterocycles. The summed E-state index contributed by atoms with van der Waals surface area (Å²) < 4.78 is 13.1. The maximum atomic E-state index is 13.1. The van der Waals surface area contributed by atoms with Gasteiger partial charge in [-0.3, -0.25) is 0 Å². The highest BCUT2D eigenvalue weighted by Crippen LogP contribution is 2.13. The first-order chi connectivity index (χ1) is 7.76. The third-order valence-electron chi connectivity index (χ3n) is 2.13. The van der Waals surface area contributed by atoms with Crippen LogP contribution in [0.25, 0.3) is 0 Å². The molecule has 0 radical (unpaired) electrons. The van der Waals surface area contributed by atoms with Crippen LogP contribution in [0.2, 0.25) is 0 Å². The Morgan fingerprint density at radius 3 is 2.88 bits per heavy atom. The van der Waals surface area contributed by atoms with Crippen LogP contribution in [0.4, 0.5) is 10.1 Å². The van der Waals surface area contributed by atoms with Crippen molar-refractivity contribution < 1.29 is 4.39 Å². The molecule has 0 aliphatic rings. The lowest BCUT2D eigenvalue weighted by molar-refractivity contribution is 0.627. The first kappa shape index (κ1) is 12.9. The smallest absolute Gasteiger partial charge is 0.126 e. The van der Waals surface area contributed by atoms with Gasteiger partial charge in [-0.1, -0.05) is 0 Å². The highest BCUT2D eigenvalue weighted by Gasteiger charge is 1.99. The largest absolute Gasteiger partial charge is 0.385 e. The lowest BCUT2D eigenvalue weighted by Gasteiger charge is -2.06. The van der Waals surface area contributed by atoms with Crippen molar-refractivity contribution in [3.8, 4) is 6.07 Å². The Balaban J connectivity index is 2.42. The summed E-state index contributed by atoms with van der Waals surface area (Å²) in [4.78, 5) is 0. The zero-order valence-electron chi connectivity index (χ0n) is 9.29. The van der Waals surface area contributed by atoms with Crippen molar-refractivity contribution >= 4 is 17.4 Å². The fourth-order valence-electron chi connectivity index (χ4n) is 1.36. The summed E-state index contributed by atoms with van der Waals surface area (Å²) in [6.45, 7) is 0.814. The molecule has 0 aromatic heterocycles. The van der Waals surface area contributed by atoms with E-state index in [0.29, 0.717) is 11.3 Å². The van der Waals surface area contributed by atoms with Crippen LogP contribution in [0.15, 0.2) is 18.2 Å². The number of nitrogens with one attached hydrogen (secondary N) is 1. The molecule has 1 rings (SSSR count). The number of thioether (sulfide) groups is 1. The molecule has 0 aliphatic carbocycles. The number of nitrogens with zero attached hydrogens (tertiary/aromatic N) is 1. The molecule has 1 aromatic rings. The average Bonchev–Trinajstić information content (AvgIpc) is 2.28. The van der Waals surface area contributed by atoms with Gasteiger partial charge in [-0.2, -0.15) is 17.0 Å². The minimum atomic E-state index is -0.370. The molecule has 0 bridgehead atoms. The molecule has 0 atom stereocenters. The minimum absolute atomic E-state index is 0.353. The predicted molar refractivity (Wildman–Crippen MR) is 67.2 cm³/mol. The van der Waals surface area contributed by atoms with Crippen LogP contribution in [0.1, 0.15) is 18.4 Å². The number of unbranched alkanes of at least 4 members (excludes halogenated alkanes) is 1. The second-order valence-electron chi connectivity index (χ2n) is 3.47. The van der Waals surface area contributed by atoms with Crippen molar-refractivity contribution in [1.29, 1.82) is 5.26 Å². The van der Waals surface area contributed by atoms with E-state index in [1.54, 1.807) is 6.07 Å². The van der Waals surface area contributed by atoms with Crippen molar-refractivity contribution in [2.75, 3.05) is 23.9 Å². The molecule has 0 fully saturated rings. The predicted octanol–water partition coefficient (Wildman–Crippen LogP) is 3.25. The summed E-state index contributed by atoms with van der Waals surface area (Å²) in [7, 11) is 0. The fraction of sp³-hybridized carbons (Fsp3) is 0.417. The Morgan fingerprint density at radius 1 is 1.38 bits per heavy atom. The summed E-state index contributed by atoms with van der Waals surface area (Å²) in [6.07, 6.45) is 4.28. The Labute approximate surface area is 99.9 Å². The third kappa shape index (κ3) is 4.54. The van der Waals surface area contributed by atoms with Gasteiger partial charge in [0.25, 0.3) is 0 Å². The maximum Gasteiger partial charge on any atom is 0.126 e. The Morgan fingerprint density at radius 2 is 2.19 bits per heavy atom. The number of hydrogen-bond donors (Lipinski definition) is 1. The molecule has 0 amide bonds. The van der Waals surface area contributed by atoms with Crippen LogP contribution >= 0.6 is 11.8 Å². The van der Waals surface area contributed by atoms with Gasteiger partial charge in [0.15, 0.2) is 0 Å². The van der Waals surface area contributed by atoms with E-state index in [2.05, 4.69) is 11.6 Å². The summed E-state index contributed by atoms with van der Waals surface area (Å²) in [6, 6.07) is 6.25. The zero-order valence-corrected chi connectivity index (χ0v) is 10.1. The molecule has 4 heteroatoms. The molecule has 0 heterocycles. The SMILES string of the molecule is CSCCCCNc1cc(F)cc(C#N)c1. The topological polar surface area (TPSA) is 35.8 Å². The number of rotatable bonds is 6. The molecule has 0 saturated carbocycles. The molecule has 1 aromatic carbocycles. The maximum absolute atomic E-state index is 13.1. The van der Waals surface area contributed by atoms with Gasteiger partial charge in [0.1, 0.15) is 5.82 Å². The van der Waals surface area contributed by atoms with Crippen molar-refractivity contribution in [1.82, 2.24) is 0 Å². The average molecular weight is 238 g/mol. The Hall–Kier alpha value is -1.21. The van der Waals surface area contributed by atoms with E-state index in [4.69, 9.17) is 5.26 Å². The van der Waals surface area contributed by atoms with Crippen LogP contribution < -0.4 is 5.32 Å². The first-order valence-electron chi connectivity index (χ1n) is 5.20. The molecule has 2 nitrogen and oxygen atoms in total. The van der Waals surface area contributed by atoms with E-state index in [9.17, 15) is 4.39 Å². The summed E-state index contributed by atoms with van der Waals surface area (Å²) in [5.74, 6) is 0.777. The summed E-state index contributed by atoms with van der Waals surface area (Å²) in [5.41, 5.74) is 1.03. The normalized spacial score (nSPS) is 9.81.